The van der Waals surface area contributed by atoms with Gasteiger partial charge in [0.05, 0.1) is 0 Å². The Hall–Kier alpha value is -2.95. The summed E-state index contributed by atoms with van der Waals surface area (Å²) in [5, 5.41) is 7.47. The minimum Gasteiger partial charge on any atom is -0.339 e. The number of likely N-dealkylation sites (N-methyl/N-ethyl adjacent to an activating group) is 1. The van der Waals surface area contributed by atoms with Gasteiger partial charge in [-0.1, -0.05) is 11.2 Å². The summed E-state index contributed by atoms with van der Waals surface area (Å²) in [5.41, 5.74) is 3.60. The first-order chi connectivity index (χ1) is 12.1. The van der Waals surface area contributed by atoms with Crippen LogP contribution >= 0.6 is 0 Å². The standard InChI is InChI=1S/C15H14F3N5O3/c1-7-5-8(11-20-14(26-22-11)15(16,17)18)3-4-9(7)12(24)19-10-6-23(2)21-13(10)25/h3-5,10H,6H2,1-2H3,(H,19,24)(H,21,25). The molecule has 1 aliphatic rings. The number of hydrazine groups is 1. The van der Waals surface area contributed by atoms with E-state index in [4.69, 9.17) is 0 Å². The number of benzene rings is 1. The summed E-state index contributed by atoms with van der Waals surface area (Å²) in [4.78, 5) is 27.3. The van der Waals surface area contributed by atoms with Gasteiger partial charge in [0.25, 0.3) is 11.8 Å². The summed E-state index contributed by atoms with van der Waals surface area (Å²) in [5.74, 6) is -2.46. The smallest absolute Gasteiger partial charge is 0.339 e. The molecule has 2 heterocycles. The third kappa shape index (κ3) is 3.52. The number of amides is 2. The lowest BCUT2D eigenvalue weighted by molar-refractivity contribution is -0.159. The number of nitrogens with one attached hydrogen (secondary N) is 2. The molecule has 1 unspecified atom stereocenters. The maximum Gasteiger partial charge on any atom is 0.471 e. The van der Waals surface area contributed by atoms with Gasteiger partial charge in [-0.05, 0) is 24.6 Å². The molecule has 8 nitrogen and oxygen atoms in total. The second-order valence-corrected chi connectivity index (χ2v) is 5.83. The van der Waals surface area contributed by atoms with Crippen molar-refractivity contribution in [1.82, 2.24) is 25.9 Å². The number of rotatable bonds is 3. The van der Waals surface area contributed by atoms with Crippen molar-refractivity contribution in [3.63, 3.8) is 0 Å². The zero-order valence-electron chi connectivity index (χ0n) is 13.7. The van der Waals surface area contributed by atoms with Crippen LogP contribution in [-0.4, -0.2) is 46.6 Å². The van der Waals surface area contributed by atoms with E-state index in [1.54, 1.807) is 19.0 Å². The van der Waals surface area contributed by atoms with E-state index in [1.165, 1.54) is 18.2 Å². The highest BCUT2D eigenvalue weighted by molar-refractivity contribution is 5.99. The van der Waals surface area contributed by atoms with Gasteiger partial charge in [0.1, 0.15) is 6.04 Å². The molecule has 0 radical (unpaired) electrons. The van der Waals surface area contributed by atoms with Crippen molar-refractivity contribution >= 4 is 11.8 Å². The molecule has 0 spiro atoms. The van der Waals surface area contributed by atoms with Crippen LogP contribution in [0.2, 0.25) is 0 Å². The Labute approximate surface area is 145 Å². The summed E-state index contributed by atoms with van der Waals surface area (Å²) in [6, 6.07) is 3.63. The van der Waals surface area contributed by atoms with Crippen molar-refractivity contribution in [2.45, 2.75) is 19.1 Å². The number of hydrogen-bond donors (Lipinski definition) is 2. The molecule has 1 fully saturated rings. The fraction of sp³-hybridized carbons (Fsp3) is 0.333. The Kier molecular flexibility index (Phi) is 4.40. The first kappa shape index (κ1) is 17.9. The van der Waals surface area contributed by atoms with E-state index in [-0.39, 0.29) is 22.9 Å². The summed E-state index contributed by atoms with van der Waals surface area (Å²) in [6.07, 6.45) is -4.73. The quantitative estimate of drug-likeness (QED) is 0.842. The molecule has 2 N–H and O–H groups in total. The van der Waals surface area contributed by atoms with Gasteiger partial charge in [-0.15, -0.1) is 0 Å². The number of carbonyl (C=O) groups excluding carboxylic acids is 2. The minimum absolute atomic E-state index is 0.232. The Bertz CT molecular complexity index is 864. The van der Waals surface area contributed by atoms with Crippen molar-refractivity contribution in [2.24, 2.45) is 0 Å². The molecular formula is C15H14F3N5O3. The van der Waals surface area contributed by atoms with Gasteiger partial charge in [-0.3, -0.25) is 15.0 Å². The third-order valence-corrected chi connectivity index (χ3v) is 3.78. The van der Waals surface area contributed by atoms with Gasteiger partial charge in [0.2, 0.25) is 5.82 Å². The van der Waals surface area contributed by atoms with E-state index in [9.17, 15) is 22.8 Å². The maximum absolute atomic E-state index is 12.5. The predicted octanol–water partition coefficient (Wildman–Crippen LogP) is 1.14. The number of alkyl halides is 3. The molecule has 2 amide bonds. The highest BCUT2D eigenvalue weighted by Crippen LogP contribution is 2.29. The number of halogens is 3. The molecule has 0 bridgehead atoms. The number of carbonyl (C=O) groups is 2. The van der Waals surface area contributed by atoms with Crippen LogP contribution in [0.1, 0.15) is 21.8 Å². The van der Waals surface area contributed by atoms with Crippen LogP contribution in [0.25, 0.3) is 11.4 Å². The van der Waals surface area contributed by atoms with Crippen LogP contribution < -0.4 is 10.7 Å². The Balaban J connectivity index is 1.78. The molecular weight excluding hydrogens is 355 g/mol. The summed E-state index contributed by atoms with van der Waals surface area (Å²) in [7, 11) is 1.67. The normalized spacial score (nSPS) is 18.0. The summed E-state index contributed by atoms with van der Waals surface area (Å²) < 4.78 is 41.8. The van der Waals surface area contributed by atoms with E-state index in [2.05, 4.69) is 25.4 Å². The van der Waals surface area contributed by atoms with Gasteiger partial charge in [-0.2, -0.15) is 18.2 Å². The van der Waals surface area contributed by atoms with Crippen LogP contribution in [0.3, 0.4) is 0 Å². The largest absolute Gasteiger partial charge is 0.471 e. The fourth-order valence-electron chi connectivity index (χ4n) is 2.53. The number of aryl methyl sites for hydroxylation is 1. The van der Waals surface area contributed by atoms with Crippen LogP contribution in [0.4, 0.5) is 13.2 Å². The number of hydrogen-bond acceptors (Lipinski definition) is 6. The van der Waals surface area contributed by atoms with E-state index >= 15 is 0 Å². The van der Waals surface area contributed by atoms with Crippen molar-refractivity contribution in [1.29, 1.82) is 0 Å². The molecule has 0 saturated carbocycles. The van der Waals surface area contributed by atoms with Crippen LogP contribution in [0.5, 0.6) is 0 Å². The molecule has 1 aliphatic heterocycles. The Morgan fingerprint density at radius 1 is 1.42 bits per heavy atom. The molecule has 11 heteroatoms. The highest BCUT2D eigenvalue weighted by atomic mass is 19.4. The topological polar surface area (TPSA) is 100 Å². The highest BCUT2D eigenvalue weighted by Gasteiger charge is 2.38. The second kappa shape index (κ2) is 6.41. The van der Waals surface area contributed by atoms with Crippen molar-refractivity contribution in [3.05, 3.63) is 35.2 Å². The summed E-state index contributed by atoms with van der Waals surface area (Å²) in [6.45, 7) is 1.94. The van der Waals surface area contributed by atoms with E-state index in [1.807, 2.05) is 0 Å². The van der Waals surface area contributed by atoms with E-state index in [0.717, 1.165) is 0 Å². The zero-order valence-corrected chi connectivity index (χ0v) is 13.7. The lowest BCUT2D eigenvalue weighted by Crippen LogP contribution is -2.41. The molecule has 26 heavy (non-hydrogen) atoms. The summed E-state index contributed by atoms with van der Waals surface area (Å²) >= 11 is 0. The van der Waals surface area contributed by atoms with Gasteiger partial charge in [-0.25, -0.2) is 5.01 Å². The van der Waals surface area contributed by atoms with Crippen LogP contribution in [0, 0.1) is 6.92 Å². The van der Waals surface area contributed by atoms with E-state index < -0.39 is 24.0 Å². The first-order valence-electron chi connectivity index (χ1n) is 7.49. The molecule has 0 aliphatic carbocycles. The van der Waals surface area contributed by atoms with Gasteiger partial charge in [0.15, 0.2) is 0 Å². The maximum atomic E-state index is 12.5. The minimum atomic E-state index is -4.73. The lowest BCUT2D eigenvalue weighted by Gasteiger charge is -2.12. The van der Waals surface area contributed by atoms with Crippen LogP contribution in [0.15, 0.2) is 22.7 Å². The molecule has 1 aromatic carbocycles. The monoisotopic (exact) mass is 369 g/mol. The molecule has 138 valence electrons. The SMILES string of the molecule is Cc1cc(-c2noc(C(F)(F)F)n2)ccc1C(=O)NC1CN(C)NC1=O. The van der Waals surface area contributed by atoms with Gasteiger partial charge < -0.3 is 9.84 Å². The van der Waals surface area contributed by atoms with Gasteiger partial charge >= 0.3 is 12.1 Å². The molecule has 1 atom stereocenters. The zero-order chi connectivity index (χ0) is 19.1. The Morgan fingerprint density at radius 3 is 2.69 bits per heavy atom. The fourth-order valence-corrected chi connectivity index (χ4v) is 2.53. The van der Waals surface area contributed by atoms with Crippen LogP contribution in [-0.2, 0) is 11.0 Å². The Morgan fingerprint density at radius 2 is 2.15 bits per heavy atom. The lowest BCUT2D eigenvalue weighted by atomic mass is 10.0. The third-order valence-electron chi connectivity index (χ3n) is 3.78. The molecule has 3 rings (SSSR count). The second-order valence-electron chi connectivity index (χ2n) is 5.83. The van der Waals surface area contributed by atoms with Crippen molar-refractivity contribution in [2.75, 3.05) is 13.6 Å². The van der Waals surface area contributed by atoms with E-state index in [0.29, 0.717) is 12.1 Å². The molecule has 1 aromatic heterocycles. The number of aromatic nitrogens is 2. The average Bonchev–Trinajstić information content (AvgIpc) is 3.14. The molecule has 1 saturated heterocycles. The van der Waals surface area contributed by atoms with Crippen molar-refractivity contribution in [3.8, 4) is 11.4 Å². The predicted molar refractivity (Wildman–Crippen MR) is 81.5 cm³/mol. The van der Waals surface area contributed by atoms with Gasteiger partial charge in [0, 0.05) is 24.7 Å². The van der Waals surface area contributed by atoms with Crippen molar-refractivity contribution < 1.29 is 27.3 Å². The number of nitrogens with zero attached hydrogens (tertiary/aromatic N) is 3. The average molecular weight is 369 g/mol. The first-order valence-corrected chi connectivity index (χ1v) is 7.49. The molecule has 2 aromatic rings.